The summed E-state index contributed by atoms with van der Waals surface area (Å²) in [7, 11) is 0. The molecule has 3 atom stereocenters. The van der Waals surface area contributed by atoms with Crippen LogP contribution in [0.3, 0.4) is 0 Å². The van der Waals surface area contributed by atoms with Crippen molar-refractivity contribution in [3.05, 3.63) is 31.1 Å². The van der Waals surface area contributed by atoms with Crippen LogP contribution < -0.4 is 5.32 Å². The lowest BCUT2D eigenvalue weighted by Gasteiger charge is -2.32. The van der Waals surface area contributed by atoms with Gasteiger partial charge < -0.3 is 4.74 Å². The first kappa shape index (κ1) is 13.0. The third-order valence-corrected chi connectivity index (χ3v) is 4.95. The largest absolute Gasteiger partial charge is 0.455 e. The number of nitrogens with zero attached hydrogens (tertiary/aromatic N) is 6. The van der Waals surface area contributed by atoms with Crippen molar-refractivity contribution in [3.63, 3.8) is 0 Å². The molecular formula is C15H17N7O. The van der Waals surface area contributed by atoms with Gasteiger partial charge in [0.2, 0.25) is 0 Å². The smallest absolute Gasteiger partial charge is 0.291 e. The SMILES string of the molecule is c1cn(-c2cc(NC3=NCC4(CN5CCC4C5)O3)ncn2)cn1. The van der Waals surface area contributed by atoms with Gasteiger partial charge in [-0.25, -0.2) is 19.9 Å². The van der Waals surface area contributed by atoms with Gasteiger partial charge in [0, 0.05) is 37.5 Å². The van der Waals surface area contributed by atoms with Gasteiger partial charge in [0.15, 0.2) is 0 Å². The number of amidine groups is 1. The van der Waals surface area contributed by atoms with Crippen LogP contribution in [0, 0.1) is 5.92 Å². The maximum Gasteiger partial charge on any atom is 0.291 e. The van der Waals surface area contributed by atoms with Crippen molar-refractivity contribution in [3.8, 4) is 5.82 Å². The Morgan fingerprint density at radius 2 is 2.35 bits per heavy atom. The van der Waals surface area contributed by atoms with E-state index in [0.29, 0.717) is 17.8 Å². The third kappa shape index (κ3) is 2.09. The molecule has 2 saturated heterocycles. The highest BCUT2D eigenvalue weighted by Gasteiger charge is 2.54. The summed E-state index contributed by atoms with van der Waals surface area (Å²) in [6, 6.07) is 2.41. The Morgan fingerprint density at radius 1 is 1.35 bits per heavy atom. The fraction of sp³-hybridized carbons (Fsp3) is 0.467. The number of fused-ring (bicyclic) bond motifs is 3. The van der Waals surface area contributed by atoms with Gasteiger partial charge in [0.1, 0.15) is 29.9 Å². The highest BCUT2D eigenvalue weighted by Crippen LogP contribution is 2.41. The molecule has 0 aliphatic carbocycles. The highest BCUT2D eigenvalue weighted by molar-refractivity contribution is 5.89. The standard InChI is InChI=1S/C15H17N7O/c1-3-21-6-11(1)15(8-21)7-17-14(23-15)20-12-5-13(19-9-18-12)22-4-2-16-10-22/h2,4-5,9-11H,1,3,6-8H2,(H,17,18,19,20). The second-order valence-electron chi connectivity index (χ2n) is 6.37. The Bertz CT molecular complexity index is 759. The molecule has 8 heteroatoms. The van der Waals surface area contributed by atoms with E-state index in [1.165, 1.54) is 19.3 Å². The molecule has 2 aromatic rings. The average Bonchev–Trinajstić information content (AvgIpc) is 3.32. The Balaban J connectivity index is 1.32. The molecule has 1 N–H and O–H groups in total. The Morgan fingerprint density at radius 3 is 3.13 bits per heavy atom. The van der Waals surface area contributed by atoms with E-state index in [1.54, 1.807) is 12.5 Å². The molecule has 8 nitrogen and oxygen atoms in total. The van der Waals surface area contributed by atoms with Crippen molar-refractivity contribution < 1.29 is 4.74 Å². The molecule has 3 aliphatic heterocycles. The molecule has 0 saturated carbocycles. The van der Waals surface area contributed by atoms with Crippen LogP contribution in [0.2, 0.25) is 0 Å². The van der Waals surface area contributed by atoms with Gasteiger partial charge in [-0.05, 0) is 13.0 Å². The summed E-state index contributed by atoms with van der Waals surface area (Å²) in [6.45, 7) is 4.05. The first-order valence-corrected chi connectivity index (χ1v) is 7.84. The van der Waals surface area contributed by atoms with Crippen LogP contribution in [0.25, 0.3) is 5.82 Å². The third-order valence-electron chi connectivity index (χ3n) is 4.95. The first-order valence-electron chi connectivity index (χ1n) is 7.84. The van der Waals surface area contributed by atoms with Crippen LogP contribution in [0.4, 0.5) is 5.82 Å². The van der Waals surface area contributed by atoms with Crippen molar-refractivity contribution in [2.24, 2.45) is 10.9 Å². The molecule has 23 heavy (non-hydrogen) atoms. The van der Waals surface area contributed by atoms with E-state index in [-0.39, 0.29) is 5.60 Å². The Hall–Kier alpha value is -2.48. The van der Waals surface area contributed by atoms with Crippen LogP contribution in [0.15, 0.2) is 36.1 Å². The van der Waals surface area contributed by atoms with Gasteiger partial charge in [0.05, 0.1) is 6.54 Å². The van der Waals surface area contributed by atoms with E-state index in [2.05, 4.69) is 30.2 Å². The number of aliphatic imine (C=N–C) groups is 1. The monoisotopic (exact) mass is 311 g/mol. The summed E-state index contributed by atoms with van der Waals surface area (Å²) in [5, 5.41) is 3.18. The lowest BCUT2D eigenvalue weighted by atomic mass is 9.88. The molecule has 0 radical (unpaired) electrons. The highest BCUT2D eigenvalue weighted by atomic mass is 16.5. The molecular weight excluding hydrogens is 294 g/mol. The van der Waals surface area contributed by atoms with Crippen molar-refractivity contribution in [2.75, 3.05) is 31.5 Å². The average molecular weight is 311 g/mol. The van der Waals surface area contributed by atoms with E-state index in [0.717, 1.165) is 25.5 Å². The lowest BCUT2D eigenvalue weighted by Crippen LogP contribution is -2.46. The fourth-order valence-corrected chi connectivity index (χ4v) is 3.80. The van der Waals surface area contributed by atoms with Gasteiger partial charge in [-0.3, -0.25) is 14.8 Å². The number of ether oxygens (including phenoxy) is 1. The minimum Gasteiger partial charge on any atom is -0.455 e. The molecule has 0 aromatic carbocycles. The molecule has 2 aromatic heterocycles. The predicted octanol–water partition coefficient (Wildman–Crippen LogP) is 0.535. The number of anilines is 1. The minimum absolute atomic E-state index is 0.124. The molecule has 3 aliphatic rings. The summed E-state index contributed by atoms with van der Waals surface area (Å²) >= 11 is 0. The van der Waals surface area contributed by atoms with Crippen molar-refractivity contribution in [1.82, 2.24) is 24.4 Å². The van der Waals surface area contributed by atoms with E-state index >= 15 is 0 Å². The number of hydrogen-bond donors (Lipinski definition) is 1. The van der Waals surface area contributed by atoms with Gasteiger partial charge in [-0.15, -0.1) is 0 Å². The lowest BCUT2D eigenvalue weighted by molar-refractivity contribution is 0.0364. The van der Waals surface area contributed by atoms with Crippen LogP contribution >= 0.6 is 0 Å². The van der Waals surface area contributed by atoms with Gasteiger partial charge in [0.25, 0.3) is 6.02 Å². The maximum absolute atomic E-state index is 6.20. The molecule has 5 rings (SSSR count). The van der Waals surface area contributed by atoms with Crippen LogP contribution in [0.5, 0.6) is 0 Å². The minimum atomic E-state index is -0.124. The second kappa shape index (κ2) is 4.76. The molecule has 1 spiro atoms. The van der Waals surface area contributed by atoms with Crippen LogP contribution in [-0.4, -0.2) is 62.2 Å². The second-order valence-corrected chi connectivity index (χ2v) is 6.37. The molecule has 0 amide bonds. The van der Waals surface area contributed by atoms with Crippen LogP contribution in [-0.2, 0) is 4.74 Å². The quantitative estimate of drug-likeness (QED) is 0.871. The summed E-state index contributed by atoms with van der Waals surface area (Å²) in [5.74, 6) is 2.01. The number of imidazole rings is 1. The van der Waals surface area contributed by atoms with Gasteiger partial charge in [-0.2, -0.15) is 0 Å². The van der Waals surface area contributed by atoms with Crippen LogP contribution in [0.1, 0.15) is 6.42 Å². The summed E-state index contributed by atoms with van der Waals surface area (Å²) in [4.78, 5) is 19.5. The van der Waals surface area contributed by atoms with E-state index in [9.17, 15) is 0 Å². The number of nitrogens with one attached hydrogen (secondary N) is 1. The number of aromatic nitrogens is 4. The van der Waals surface area contributed by atoms with E-state index in [4.69, 9.17) is 4.74 Å². The van der Waals surface area contributed by atoms with Gasteiger partial charge in [-0.1, -0.05) is 0 Å². The summed E-state index contributed by atoms with van der Waals surface area (Å²) in [5.41, 5.74) is -0.124. The van der Waals surface area contributed by atoms with Crippen molar-refractivity contribution in [2.45, 2.75) is 12.0 Å². The zero-order chi connectivity index (χ0) is 15.3. The molecule has 118 valence electrons. The normalized spacial score (nSPS) is 31.4. The first-order chi connectivity index (χ1) is 11.3. The van der Waals surface area contributed by atoms with E-state index in [1.807, 2.05) is 16.8 Å². The maximum atomic E-state index is 6.20. The zero-order valence-electron chi connectivity index (χ0n) is 12.6. The molecule has 2 bridgehead atoms. The van der Waals surface area contributed by atoms with Crippen molar-refractivity contribution >= 4 is 11.8 Å². The topological polar surface area (TPSA) is 80.5 Å². The van der Waals surface area contributed by atoms with E-state index < -0.39 is 0 Å². The number of piperidine rings is 1. The number of rotatable bonds is 2. The predicted molar refractivity (Wildman–Crippen MR) is 83.4 cm³/mol. The Labute approximate surface area is 133 Å². The van der Waals surface area contributed by atoms with Crippen molar-refractivity contribution in [1.29, 1.82) is 0 Å². The zero-order valence-corrected chi connectivity index (χ0v) is 12.6. The molecule has 2 fully saturated rings. The molecule has 5 heterocycles. The Kier molecular flexibility index (Phi) is 2.69. The summed E-state index contributed by atoms with van der Waals surface area (Å²) in [6.07, 6.45) is 7.99. The fourth-order valence-electron chi connectivity index (χ4n) is 3.80. The van der Waals surface area contributed by atoms with Gasteiger partial charge >= 0.3 is 0 Å². The molecule has 3 unspecified atom stereocenters. The summed E-state index contributed by atoms with van der Waals surface area (Å²) < 4.78 is 8.02. The number of hydrogen-bond acceptors (Lipinski definition) is 7.